The average Bonchev–Trinajstić information content (AvgIpc) is 3.15. The molecule has 1 unspecified atom stereocenters. The van der Waals surface area contributed by atoms with Crippen molar-refractivity contribution >= 4 is 16.8 Å². The molecule has 3 heterocycles. The fraction of sp³-hybridized carbons (Fsp3) is 0.474. The summed E-state index contributed by atoms with van der Waals surface area (Å²) in [6.07, 6.45) is 7.18. The summed E-state index contributed by atoms with van der Waals surface area (Å²) >= 11 is 0. The summed E-state index contributed by atoms with van der Waals surface area (Å²) in [6, 6.07) is 4.08. The number of nitrogens with zero attached hydrogens (tertiary/aromatic N) is 3. The van der Waals surface area contributed by atoms with E-state index in [9.17, 15) is 0 Å². The lowest BCUT2D eigenvalue weighted by atomic mass is 10.0. The SMILES string of the molecule is CCc1nc2c(N)cc(CCc3cn4c(n3)CC(C)CC4)cc2o1. The number of aromatic nitrogens is 3. The van der Waals surface area contributed by atoms with Gasteiger partial charge >= 0.3 is 0 Å². The van der Waals surface area contributed by atoms with Gasteiger partial charge in [-0.25, -0.2) is 9.97 Å². The van der Waals surface area contributed by atoms with Crippen LogP contribution in [0, 0.1) is 5.92 Å². The Morgan fingerprint density at radius 3 is 3.00 bits per heavy atom. The molecule has 1 aliphatic rings. The molecule has 0 aliphatic carbocycles. The average molecular weight is 324 g/mol. The molecule has 0 radical (unpaired) electrons. The van der Waals surface area contributed by atoms with Crippen molar-refractivity contribution in [1.29, 1.82) is 0 Å². The highest BCUT2D eigenvalue weighted by molar-refractivity contribution is 5.86. The van der Waals surface area contributed by atoms with Crippen molar-refractivity contribution in [1.82, 2.24) is 14.5 Å². The van der Waals surface area contributed by atoms with Crippen LogP contribution in [0.2, 0.25) is 0 Å². The number of anilines is 1. The monoisotopic (exact) mass is 324 g/mol. The van der Waals surface area contributed by atoms with Crippen LogP contribution in [0.1, 0.15) is 43.2 Å². The number of oxazole rings is 1. The topological polar surface area (TPSA) is 69.9 Å². The standard InChI is InChI=1S/C19H24N4O/c1-3-18-22-19-15(20)9-13(10-16(19)24-18)4-5-14-11-23-7-6-12(2)8-17(23)21-14/h9-12H,3-8,20H2,1-2H3. The molecule has 0 saturated heterocycles. The molecule has 5 heteroatoms. The molecule has 1 atom stereocenters. The van der Waals surface area contributed by atoms with E-state index in [2.05, 4.69) is 28.7 Å². The van der Waals surface area contributed by atoms with Crippen LogP contribution in [-0.2, 0) is 32.2 Å². The smallest absolute Gasteiger partial charge is 0.195 e. The zero-order valence-electron chi connectivity index (χ0n) is 14.4. The molecule has 0 amide bonds. The minimum atomic E-state index is 0.698. The second-order valence-electron chi connectivity index (χ2n) is 6.93. The van der Waals surface area contributed by atoms with E-state index in [0.717, 1.165) is 55.1 Å². The van der Waals surface area contributed by atoms with Crippen LogP contribution in [0.25, 0.3) is 11.1 Å². The molecule has 2 aromatic heterocycles. The van der Waals surface area contributed by atoms with Gasteiger partial charge in [0.1, 0.15) is 11.3 Å². The highest BCUT2D eigenvalue weighted by atomic mass is 16.3. The van der Waals surface area contributed by atoms with Gasteiger partial charge in [-0.2, -0.15) is 0 Å². The van der Waals surface area contributed by atoms with Crippen molar-refractivity contribution in [3.63, 3.8) is 0 Å². The quantitative estimate of drug-likeness (QED) is 0.745. The van der Waals surface area contributed by atoms with Gasteiger partial charge in [-0.15, -0.1) is 0 Å². The Morgan fingerprint density at radius 2 is 2.17 bits per heavy atom. The molecule has 5 nitrogen and oxygen atoms in total. The maximum atomic E-state index is 6.15. The van der Waals surface area contributed by atoms with Crippen molar-refractivity contribution < 1.29 is 4.42 Å². The number of fused-ring (bicyclic) bond motifs is 2. The third kappa shape index (κ3) is 2.79. The van der Waals surface area contributed by atoms with Gasteiger partial charge < -0.3 is 14.7 Å². The molecule has 0 saturated carbocycles. The lowest BCUT2D eigenvalue weighted by Gasteiger charge is -2.18. The second kappa shape index (κ2) is 5.96. The van der Waals surface area contributed by atoms with Gasteiger partial charge in [0.2, 0.25) is 0 Å². The first kappa shape index (κ1) is 15.2. The molecule has 4 rings (SSSR count). The van der Waals surface area contributed by atoms with Gasteiger partial charge in [0, 0.05) is 25.6 Å². The molecule has 2 N–H and O–H groups in total. The van der Waals surface area contributed by atoms with Crippen molar-refractivity contribution in [2.75, 3.05) is 5.73 Å². The molecule has 1 aliphatic heterocycles. The minimum Gasteiger partial charge on any atom is -0.441 e. The Morgan fingerprint density at radius 1 is 1.29 bits per heavy atom. The van der Waals surface area contributed by atoms with Gasteiger partial charge in [0.05, 0.1) is 11.4 Å². The molecular formula is C19H24N4O. The van der Waals surface area contributed by atoms with E-state index in [-0.39, 0.29) is 0 Å². The Balaban J connectivity index is 1.52. The van der Waals surface area contributed by atoms with Crippen molar-refractivity contribution in [3.8, 4) is 0 Å². The summed E-state index contributed by atoms with van der Waals surface area (Å²) in [7, 11) is 0. The van der Waals surface area contributed by atoms with Gasteiger partial charge in [0.15, 0.2) is 11.5 Å². The fourth-order valence-electron chi connectivity index (χ4n) is 3.49. The number of hydrogen-bond donors (Lipinski definition) is 1. The van der Waals surface area contributed by atoms with Gasteiger partial charge in [-0.3, -0.25) is 0 Å². The number of nitrogen functional groups attached to an aromatic ring is 1. The van der Waals surface area contributed by atoms with Gasteiger partial charge in [-0.05, 0) is 42.9 Å². The first-order valence-electron chi connectivity index (χ1n) is 8.85. The third-order valence-corrected chi connectivity index (χ3v) is 4.90. The van der Waals surface area contributed by atoms with E-state index in [1.165, 1.54) is 23.5 Å². The van der Waals surface area contributed by atoms with Crippen LogP contribution in [-0.4, -0.2) is 14.5 Å². The molecule has 0 fully saturated rings. The summed E-state index contributed by atoms with van der Waals surface area (Å²) in [5.74, 6) is 2.72. The number of nitrogens with two attached hydrogens (primary N) is 1. The van der Waals surface area contributed by atoms with Crippen LogP contribution >= 0.6 is 0 Å². The maximum absolute atomic E-state index is 6.15. The number of imidazole rings is 1. The summed E-state index contributed by atoms with van der Waals surface area (Å²) in [4.78, 5) is 9.25. The van der Waals surface area contributed by atoms with Crippen molar-refractivity contribution in [2.24, 2.45) is 5.92 Å². The van der Waals surface area contributed by atoms with Crippen molar-refractivity contribution in [3.05, 3.63) is 41.3 Å². The highest BCUT2D eigenvalue weighted by Gasteiger charge is 2.17. The van der Waals surface area contributed by atoms with Gasteiger partial charge in [0.25, 0.3) is 0 Å². The Labute approximate surface area is 141 Å². The molecule has 1 aromatic carbocycles. The predicted octanol–water partition coefficient (Wildman–Crippen LogP) is 3.54. The van der Waals surface area contributed by atoms with E-state index in [4.69, 9.17) is 15.1 Å². The normalized spacial score (nSPS) is 17.3. The van der Waals surface area contributed by atoms with E-state index in [0.29, 0.717) is 5.69 Å². The van der Waals surface area contributed by atoms with E-state index < -0.39 is 0 Å². The van der Waals surface area contributed by atoms with Crippen LogP contribution in [0.5, 0.6) is 0 Å². The lowest BCUT2D eigenvalue weighted by molar-refractivity contribution is 0.409. The number of benzene rings is 1. The Bertz CT molecular complexity index is 877. The number of rotatable bonds is 4. The third-order valence-electron chi connectivity index (χ3n) is 4.90. The largest absolute Gasteiger partial charge is 0.441 e. The van der Waals surface area contributed by atoms with E-state index in [1.807, 2.05) is 13.0 Å². The van der Waals surface area contributed by atoms with Crippen LogP contribution in [0.3, 0.4) is 0 Å². The minimum absolute atomic E-state index is 0.698. The van der Waals surface area contributed by atoms with Crippen LogP contribution in [0.15, 0.2) is 22.7 Å². The highest BCUT2D eigenvalue weighted by Crippen LogP contribution is 2.25. The summed E-state index contributed by atoms with van der Waals surface area (Å²) in [6.45, 7) is 5.43. The zero-order valence-corrected chi connectivity index (χ0v) is 14.4. The molecule has 0 bridgehead atoms. The maximum Gasteiger partial charge on any atom is 0.195 e. The Hall–Kier alpha value is -2.30. The second-order valence-corrected chi connectivity index (χ2v) is 6.93. The molecule has 0 spiro atoms. The fourth-order valence-corrected chi connectivity index (χ4v) is 3.49. The van der Waals surface area contributed by atoms with E-state index >= 15 is 0 Å². The van der Waals surface area contributed by atoms with Crippen molar-refractivity contribution in [2.45, 2.75) is 52.5 Å². The van der Waals surface area contributed by atoms with Crippen LogP contribution in [0.4, 0.5) is 5.69 Å². The summed E-state index contributed by atoms with van der Waals surface area (Å²) in [5, 5.41) is 0. The number of aryl methyl sites for hydroxylation is 4. The Kier molecular flexibility index (Phi) is 3.79. The zero-order chi connectivity index (χ0) is 16.7. The van der Waals surface area contributed by atoms with Gasteiger partial charge in [-0.1, -0.05) is 13.8 Å². The van der Waals surface area contributed by atoms with Crippen LogP contribution < -0.4 is 5.73 Å². The number of hydrogen-bond acceptors (Lipinski definition) is 4. The molecular weight excluding hydrogens is 300 g/mol. The lowest BCUT2D eigenvalue weighted by Crippen LogP contribution is -2.16. The molecule has 3 aromatic rings. The first-order chi connectivity index (χ1) is 11.6. The summed E-state index contributed by atoms with van der Waals surface area (Å²) in [5.41, 5.74) is 10.8. The molecule has 126 valence electrons. The first-order valence-corrected chi connectivity index (χ1v) is 8.85. The predicted molar refractivity (Wildman–Crippen MR) is 94.9 cm³/mol. The summed E-state index contributed by atoms with van der Waals surface area (Å²) < 4.78 is 8.07. The van der Waals surface area contributed by atoms with E-state index in [1.54, 1.807) is 0 Å². The molecule has 24 heavy (non-hydrogen) atoms.